The van der Waals surface area contributed by atoms with E-state index < -0.39 is 0 Å². The molecule has 9 heteroatoms. The summed E-state index contributed by atoms with van der Waals surface area (Å²) in [5.74, 6) is 1.32. The first-order chi connectivity index (χ1) is 14.7. The molecule has 0 aromatic carbocycles. The lowest BCUT2D eigenvalue weighted by atomic mass is 10.1. The Kier molecular flexibility index (Phi) is 5.69. The van der Waals surface area contributed by atoms with Gasteiger partial charge in [0, 0.05) is 36.3 Å². The van der Waals surface area contributed by atoms with E-state index in [0.717, 1.165) is 31.2 Å². The monoisotopic (exact) mass is 405 g/mol. The molecule has 4 rings (SSSR count). The molecule has 0 bridgehead atoms. The van der Waals surface area contributed by atoms with Crippen LogP contribution in [0.3, 0.4) is 0 Å². The number of aromatic nitrogens is 4. The maximum Gasteiger partial charge on any atom is 0.329 e. The van der Waals surface area contributed by atoms with Crippen molar-refractivity contribution in [1.29, 1.82) is 0 Å². The summed E-state index contributed by atoms with van der Waals surface area (Å²) in [5.41, 5.74) is 8.17. The van der Waals surface area contributed by atoms with Crippen LogP contribution in [-0.2, 0) is 0 Å². The lowest BCUT2D eigenvalue weighted by molar-refractivity contribution is 0.254. The fourth-order valence-electron chi connectivity index (χ4n) is 3.60. The zero-order chi connectivity index (χ0) is 20.9. The van der Waals surface area contributed by atoms with Gasteiger partial charge in [0.1, 0.15) is 0 Å². The number of nitrogens with one attached hydrogen (secondary N) is 1. The largest absolute Gasteiger partial charge is 0.481 e. The van der Waals surface area contributed by atoms with Crippen LogP contribution in [0.1, 0.15) is 25.7 Å². The molecule has 3 aromatic rings. The highest BCUT2D eigenvalue weighted by atomic mass is 16.5. The van der Waals surface area contributed by atoms with Gasteiger partial charge in [0.15, 0.2) is 11.6 Å². The summed E-state index contributed by atoms with van der Waals surface area (Å²) in [6, 6.07) is 6.90. The van der Waals surface area contributed by atoms with Crippen LogP contribution in [0.5, 0.6) is 5.88 Å². The second-order valence-electron chi connectivity index (χ2n) is 7.03. The maximum absolute atomic E-state index is 13.2. The Labute approximate surface area is 174 Å². The molecule has 0 saturated heterocycles. The highest BCUT2D eigenvalue weighted by molar-refractivity contribution is 6.02. The summed E-state index contributed by atoms with van der Waals surface area (Å²) in [4.78, 5) is 32.0. The van der Waals surface area contributed by atoms with Crippen LogP contribution in [0.4, 0.5) is 22.1 Å². The van der Waals surface area contributed by atoms with E-state index in [1.807, 2.05) is 12.1 Å². The van der Waals surface area contributed by atoms with Crippen LogP contribution in [0, 0.1) is 0 Å². The van der Waals surface area contributed by atoms with E-state index in [-0.39, 0.29) is 12.1 Å². The number of hydrogen-bond acceptors (Lipinski definition) is 7. The van der Waals surface area contributed by atoms with Crippen LogP contribution in [0.2, 0.25) is 0 Å². The number of carbonyl (C=O) groups is 1. The van der Waals surface area contributed by atoms with E-state index in [2.05, 4.69) is 20.3 Å². The lowest BCUT2D eigenvalue weighted by Gasteiger charge is -2.29. The maximum atomic E-state index is 13.2. The normalized spacial score (nSPS) is 13.8. The first-order valence-corrected chi connectivity index (χ1v) is 9.79. The third kappa shape index (κ3) is 4.14. The molecule has 9 nitrogen and oxygen atoms in total. The zero-order valence-electron chi connectivity index (χ0n) is 16.7. The van der Waals surface area contributed by atoms with Gasteiger partial charge in [0.25, 0.3) is 0 Å². The first kappa shape index (κ1) is 19.6. The molecule has 0 unspecified atom stereocenters. The van der Waals surface area contributed by atoms with E-state index >= 15 is 0 Å². The van der Waals surface area contributed by atoms with Gasteiger partial charge in [0.2, 0.25) is 5.88 Å². The van der Waals surface area contributed by atoms with Gasteiger partial charge in [-0.1, -0.05) is 12.8 Å². The summed E-state index contributed by atoms with van der Waals surface area (Å²) < 4.78 is 5.12. The molecule has 0 radical (unpaired) electrons. The quantitative estimate of drug-likeness (QED) is 0.666. The molecule has 3 heterocycles. The third-order valence-electron chi connectivity index (χ3n) is 5.08. The van der Waals surface area contributed by atoms with Crippen molar-refractivity contribution in [1.82, 2.24) is 19.9 Å². The van der Waals surface area contributed by atoms with E-state index in [1.165, 1.54) is 12.4 Å². The van der Waals surface area contributed by atoms with Crippen molar-refractivity contribution in [3.05, 3.63) is 49.1 Å². The predicted octanol–water partition coefficient (Wildman–Crippen LogP) is 3.51. The number of amides is 2. The Morgan fingerprint density at radius 2 is 1.97 bits per heavy atom. The molecule has 0 aliphatic heterocycles. The third-order valence-corrected chi connectivity index (χ3v) is 5.08. The number of methoxy groups -OCH3 is 1. The minimum Gasteiger partial charge on any atom is -0.481 e. The molecule has 154 valence electrons. The minimum absolute atomic E-state index is 0.0145. The molecule has 1 saturated carbocycles. The van der Waals surface area contributed by atoms with E-state index in [1.54, 1.807) is 36.5 Å². The second kappa shape index (κ2) is 8.73. The van der Waals surface area contributed by atoms with Crippen LogP contribution in [0.15, 0.2) is 49.1 Å². The number of nitrogen functional groups attached to an aromatic ring is 1. The van der Waals surface area contributed by atoms with Gasteiger partial charge in [0.05, 0.1) is 24.7 Å². The smallest absolute Gasteiger partial charge is 0.329 e. The molecule has 0 spiro atoms. The molecule has 30 heavy (non-hydrogen) atoms. The second-order valence-corrected chi connectivity index (χ2v) is 7.03. The molecule has 1 fully saturated rings. The standard InChI is InChI=1S/C21H23N7O2/c1-30-19-9-6-14(12-25-19)17-8-7-16(22)20(26-17)28(15-4-2-3-5-15)21(29)27-18-13-23-10-11-24-18/h6-13,15H,2-5,22H2,1H3,(H,24,27,29). The number of urea groups is 1. The van der Waals surface area contributed by atoms with Crippen molar-refractivity contribution in [2.75, 3.05) is 23.1 Å². The molecule has 3 aromatic heterocycles. The highest BCUT2D eigenvalue weighted by Gasteiger charge is 2.31. The van der Waals surface area contributed by atoms with Crippen LogP contribution in [-0.4, -0.2) is 39.1 Å². The lowest BCUT2D eigenvalue weighted by Crippen LogP contribution is -2.43. The fraction of sp³-hybridized carbons (Fsp3) is 0.286. The number of nitrogens with zero attached hydrogens (tertiary/aromatic N) is 5. The zero-order valence-corrected chi connectivity index (χ0v) is 16.7. The van der Waals surface area contributed by atoms with Gasteiger partial charge in [-0.15, -0.1) is 0 Å². The minimum atomic E-state index is -0.327. The SMILES string of the molecule is COc1ccc(-c2ccc(N)c(N(C(=O)Nc3cnccn3)C3CCCC3)n2)cn1. The van der Waals surface area contributed by atoms with Crippen molar-refractivity contribution < 1.29 is 9.53 Å². The first-order valence-electron chi connectivity index (χ1n) is 9.79. The van der Waals surface area contributed by atoms with Crippen molar-refractivity contribution in [2.45, 2.75) is 31.7 Å². The van der Waals surface area contributed by atoms with Gasteiger partial charge in [-0.2, -0.15) is 0 Å². The molecule has 2 amide bonds. The van der Waals surface area contributed by atoms with E-state index in [0.29, 0.717) is 28.9 Å². The van der Waals surface area contributed by atoms with Gasteiger partial charge in [-0.25, -0.2) is 19.7 Å². The number of nitrogens with two attached hydrogens (primary N) is 1. The molecule has 1 aliphatic carbocycles. The Hall–Kier alpha value is -3.75. The molecular formula is C21H23N7O2. The molecule has 1 aliphatic rings. The van der Waals surface area contributed by atoms with E-state index in [4.69, 9.17) is 15.5 Å². The Morgan fingerprint density at radius 1 is 1.13 bits per heavy atom. The average molecular weight is 405 g/mol. The fourth-order valence-corrected chi connectivity index (χ4v) is 3.60. The Bertz CT molecular complexity index is 1010. The summed E-state index contributed by atoms with van der Waals surface area (Å²) in [7, 11) is 1.57. The Balaban J connectivity index is 1.69. The number of anilines is 3. The summed E-state index contributed by atoms with van der Waals surface area (Å²) in [5, 5.41) is 2.81. The van der Waals surface area contributed by atoms with Gasteiger partial charge in [-0.3, -0.25) is 15.2 Å². The summed E-state index contributed by atoms with van der Waals surface area (Å²) in [6.45, 7) is 0. The molecule has 3 N–H and O–H groups in total. The van der Waals surface area contributed by atoms with Gasteiger partial charge in [-0.05, 0) is 31.0 Å². The molecular weight excluding hydrogens is 382 g/mol. The predicted molar refractivity (Wildman–Crippen MR) is 114 cm³/mol. The van der Waals surface area contributed by atoms with Crippen molar-refractivity contribution in [2.24, 2.45) is 0 Å². The summed E-state index contributed by atoms with van der Waals surface area (Å²) >= 11 is 0. The van der Waals surface area contributed by atoms with E-state index in [9.17, 15) is 4.79 Å². The number of hydrogen-bond donors (Lipinski definition) is 2. The van der Waals surface area contributed by atoms with Crippen molar-refractivity contribution >= 4 is 23.4 Å². The number of pyridine rings is 2. The van der Waals surface area contributed by atoms with Crippen LogP contribution in [0.25, 0.3) is 11.3 Å². The number of ether oxygens (including phenoxy) is 1. The summed E-state index contributed by atoms with van der Waals surface area (Å²) in [6.07, 6.45) is 10.2. The van der Waals surface area contributed by atoms with Crippen molar-refractivity contribution in [3.8, 4) is 17.1 Å². The van der Waals surface area contributed by atoms with Crippen LogP contribution >= 0.6 is 0 Å². The highest BCUT2D eigenvalue weighted by Crippen LogP contribution is 2.33. The average Bonchev–Trinajstić information content (AvgIpc) is 3.30. The molecule has 0 atom stereocenters. The van der Waals surface area contributed by atoms with Crippen molar-refractivity contribution in [3.63, 3.8) is 0 Å². The van der Waals surface area contributed by atoms with Gasteiger partial charge < -0.3 is 10.5 Å². The Morgan fingerprint density at radius 3 is 2.63 bits per heavy atom. The number of carbonyl (C=O) groups excluding carboxylic acids is 1. The number of rotatable bonds is 5. The topological polar surface area (TPSA) is 119 Å². The van der Waals surface area contributed by atoms with Gasteiger partial charge >= 0.3 is 6.03 Å². The van der Waals surface area contributed by atoms with Crippen LogP contribution < -0.4 is 20.7 Å².